The lowest BCUT2D eigenvalue weighted by molar-refractivity contribution is -0.154. The van der Waals surface area contributed by atoms with E-state index in [9.17, 15) is 9.90 Å². The number of rotatable bonds is 16. The molecule has 1 atom stereocenters. The molecule has 3 heteroatoms. The Morgan fingerprint density at radius 2 is 1.24 bits per heavy atom. The molecule has 0 saturated heterocycles. The van der Waals surface area contributed by atoms with Crippen molar-refractivity contribution in [2.75, 3.05) is 0 Å². The number of unbranched alkanes of at least 4 members (excludes halogenated alkanes) is 10. The second kappa shape index (κ2) is 15.7. The van der Waals surface area contributed by atoms with Crippen molar-refractivity contribution in [1.29, 1.82) is 0 Å². The van der Waals surface area contributed by atoms with Crippen LogP contribution in [0.1, 0.15) is 124 Å². The third-order valence-electron chi connectivity index (χ3n) is 4.48. The van der Waals surface area contributed by atoms with E-state index in [0.717, 1.165) is 32.1 Å². The molecule has 0 radical (unpaired) electrons. The van der Waals surface area contributed by atoms with Crippen molar-refractivity contribution >= 4 is 5.97 Å². The van der Waals surface area contributed by atoms with E-state index in [4.69, 9.17) is 4.74 Å². The van der Waals surface area contributed by atoms with Crippen LogP contribution in [0.3, 0.4) is 0 Å². The van der Waals surface area contributed by atoms with Gasteiger partial charge in [-0.1, -0.05) is 77.6 Å². The fourth-order valence-corrected chi connectivity index (χ4v) is 3.05. The Hall–Kier alpha value is -0.570. The summed E-state index contributed by atoms with van der Waals surface area (Å²) in [5, 5.41) is 9.93. The normalized spacial score (nSPS) is 13.0. The van der Waals surface area contributed by atoms with Gasteiger partial charge in [0.2, 0.25) is 0 Å². The minimum Gasteiger partial charge on any atom is -0.460 e. The molecule has 0 amide bonds. The Bertz CT molecular complexity index is 307. The molecule has 0 bridgehead atoms. The summed E-state index contributed by atoms with van der Waals surface area (Å²) in [5.74, 6) is -0.0687. The Morgan fingerprint density at radius 3 is 1.72 bits per heavy atom. The van der Waals surface area contributed by atoms with E-state index in [1.165, 1.54) is 57.8 Å². The lowest BCUT2D eigenvalue weighted by Crippen LogP contribution is -2.23. The highest BCUT2D eigenvalue weighted by Crippen LogP contribution is 2.15. The first-order chi connectivity index (χ1) is 11.8. The average Bonchev–Trinajstić information content (AvgIpc) is 2.51. The van der Waals surface area contributed by atoms with Crippen LogP contribution in [0.25, 0.3) is 0 Å². The van der Waals surface area contributed by atoms with Crippen LogP contribution in [0, 0.1) is 0 Å². The molecule has 0 aromatic rings. The van der Waals surface area contributed by atoms with E-state index < -0.39 is 0 Å². The number of aliphatic hydroxyl groups excluding tert-OH is 1. The van der Waals surface area contributed by atoms with E-state index >= 15 is 0 Å². The van der Waals surface area contributed by atoms with Crippen LogP contribution in [0.4, 0.5) is 0 Å². The Labute approximate surface area is 156 Å². The van der Waals surface area contributed by atoms with Gasteiger partial charge >= 0.3 is 5.97 Å². The summed E-state index contributed by atoms with van der Waals surface area (Å²) in [6.07, 6.45) is 16.9. The van der Waals surface area contributed by atoms with Gasteiger partial charge in [-0.3, -0.25) is 4.79 Å². The minimum atomic E-state index is -0.361. The summed E-state index contributed by atoms with van der Waals surface area (Å²) in [6, 6.07) is 0. The average molecular weight is 357 g/mol. The lowest BCUT2D eigenvalue weighted by atomic mass is 10.0. The van der Waals surface area contributed by atoms with Gasteiger partial charge in [-0.2, -0.15) is 0 Å². The zero-order chi connectivity index (χ0) is 19.0. The summed E-state index contributed by atoms with van der Waals surface area (Å²) in [5.41, 5.74) is -0.361. The number of aliphatic hydroxyl groups is 1. The van der Waals surface area contributed by atoms with Gasteiger partial charge in [0.05, 0.1) is 6.10 Å². The van der Waals surface area contributed by atoms with Crippen molar-refractivity contribution in [1.82, 2.24) is 0 Å². The maximum Gasteiger partial charge on any atom is 0.306 e. The highest BCUT2D eigenvalue weighted by atomic mass is 16.6. The fourth-order valence-electron chi connectivity index (χ4n) is 3.05. The Balaban J connectivity index is 3.27. The molecule has 0 aliphatic carbocycles. The molecule has 1 unspecified atom stereocenters. The number of hydrogen-bond donors (Lipinski definition) is 1. The lowest BCUT2D eigenvalue weighted by Gasteiger charge is -2.19. The van der Waals surface area contributed by atoms with Crippen LogP contribution in [0.2, 0.25) is 0 Å². The minimum absolute atomic E-state index is 0.0687. The van der Waals surface area contributed by atoms with Crippen LogP contribution < -0.4 is 0 Å². The van der Waals surface area contributed by atoms with E-state index in [1.807, 2.05) is 20.8 Å². The second-order valence-electron chi connectivity index (χ2n) is 8.46. The molecule has 1 N–H and O–H groups in total. The fraction of sp³-hybridized carbons (Fsp3) is 0.955. The van der Waals surface area contributed by atoms with Crippen LogP contribution in [0.15, 0.2) is 0 Å². The van der Waals surface area contributed by atoms with Crippen molar-refractivity contribution in [3.63, 3.8) is 0 Å². The Morgan fingerprint density at radius 1 is 0.800 bits per heavy atom. The zero-order valence-corrected chi connectivity index (χ0v) is 17.4. The molecule has 0 heterocycles. The number of carbonyl (C=O) groups excluding carboxylic acids is 1. The predicted octanol–water partition coefficient (Wildman–Crippen LogP) is 6.56. The van der Waals surface area contributed by atoms with Gasteiger partial charge in [0.15, 0.2) is 0 Å². The molecule has 150 valence electrons. The van der Waals surface area contributed by atoms with Gasteiger partial charge in [0, 0.05) is 6.42 Å². The summed E-state index contributed by atoms with van der Waals surface area (Å²) in [6.45, 7) is 7.96. The first-order valence-corrected chi connectivity index (χ1v) is 10.7. The van der Waals surface area contributed by atoms with Gasteiger partial charge in [-0.25, -0.2) is 0 Å². The molecule has 0 saturated carbocycles. The van der Waals surface area contributed by atoms with E-state index in [-0.39, 0.29) is 17.7 Å². The topological polar surface area (TPSA) is 46.5 Å². The maximum absolute atomic E-state index is 11.6. The maximum atomic E-state index is 11.6. The van der Waals surface area contributed by atoms with Crippen LogP contribution in [0.5, 0.6) is 0 Å². The third kappa shape index (κ3) is 19.6. The summed E-state index contributed by atoms with van der Waals surface area (Å²) in [7, 11) is 0. The zero-order valence-electron chi connectivity index (χ0n) is 17.4. The van der Waals surface area contributed by atoms with E-state index in [1.54, 1.807) is 0 Å². The summed E-state index contributed by atoms with van der Waals surface area (Å²) < 4.78 is 5.31. The van der Waals surface area contributed by atoms with Gasteiger partial charge in [0.25, 0.3) is 0 Å². The van der Waals surface area contributed by atoms with Gasteiger partial charge < -0.3 is 9.84 Å². The smallest absolute Gasteiger partial charge is 0.306 e. The van der Waals surface area contributed by atoms with Crippen molar-refractivity contribution in [2.45, 2.75) is 136 Å². The van der Waals surface area contributed by atoms with E-state index in [2.05, 4.69) is 6.92 Å². The molecule has 0 aliphatic heterocycles. The van der Waals surface area contributed by atoms with Gasteiger partial charge in [0.1, 0.15) is 5.60 Å². The summed E-state index contributed by atoms with van der Waals surface area (Å²) in [4.78, 5) is 11.6. The standard InChI is InChI=1S/C22H44O3/c1-5-6-7-14-17-20(23)18-15-12-10-8-9-11-13-16-19-21(24)25-22(2,3)4/h20,23H,5-19H2,1-4H3. The number of carbonyl (C=O) groups is 1. The molecular formula is C22H44O3. The van der Waals surface area contributed by atoms with Crippen LogP contribution in [-0.2, 0) is 9.53 Å². The van der Waals surface area contributed by atoms with Crippen LogP contribution in [-0.4, -0.2) is 22.8 Å². The second-order valence-corrected chi connectivity index (χ2v) is 8.46. The predicted molar refractivity (Wildman–Crippen MR) is 107 cm³/mol. The first kappa shape index (κ1) is 24.4. The van der Waals surface area contributed by atoms with Crippen molar-refractivity contribution in [3.05, 3.63) is 0 Å². The van der Waals surface area contributed by atoms with Crippen molar-refractivity contribution < 1.29 is 14.6 Å². The molecule has 25 heavy (non-hydrogen) atoms. The number of esters is 1. The van der Waals surface area contributed by atoms with Crippen molar-refractivity contribution in [2.24, 2.45) is 0 Å². The van der Waals surface area contributed by atoms with Crippen LogP contribution >= 0.6 is 0 Å². The van der Waals surface area contributed by atoms with Gasteiger partial charge in [-0.05, 0) is 40.0 Å². The molecule has 0 rings (SSSR count). The molecule has 0 aromatic heterocycles. The molecular weight excluding hydrogens is 312 g/mol. The molecule has 0 spiro atoms. The highest BCUT2D eigenvalue weighted by molar-refractivity contribution is 5.69. The Kier molecular flexibility index (Phi) is 15.3. The van der Waals surface area contributed by atoms with Crippen molar-refractivity contribution in [3.8, 4) is 0 Å². The number of ether oxygens (including phenoxy) is 1. The first-order valence-electron chi connectivity index (χ1n) is 10.7. The molecule has 3 nitrogen and oxygen atoms in total. The molecule has 0 aromatic carbocycles. The van der Waals surface area contributed by atoms with E-state index in [0.29, 0.717) is 6.42 Å². The quantitative estimate of drug-likeness (QED) is 0.251. The molecule has 0 fully saturated rings. The monoisotopic (exact) mass is 356 g/mol. The highest BCUT2D eigenvalue weighted by Gasteiger charge is 2.15. The summed E-state index contributed by atoms with van der Waals surface area (Å²) >= 11 is 0. The number of hydrogen-bond acceptors (Lipinski definition) is 3. The SMILES string of the molecule is CCCCCCC(O)CCCCCCCCCCC(=O)OC(C)(C)C. The third-order valence-corrected chi connectivity index (χ3v) is 4.48. The van der Waals surface area contributed by atoms with Gasteiger partial charge in [-0.15, -0.1) is 0 Å². The molecule has 0 aliphatic rings. The largest absolute Gasteiger partial charge is 0.460 e.